The molecule has 4 heteroatoms. The zero-order chi connectivity index (χ0) is 17.9. The molecular formula is C21H21IO3. The first-order valence-electron chi connectivity index (χ1n) is 8.28. The van der Waals surface area contributed by atoms with Crippen LogP contribution in [0.15, 0.2) is 54.6 Å². The highest BCUT2D eigenvalue weighted by molar-refractivity contribution is 14.2. The maximum absolute atomic E-state index is 12.4. The quantitative estimate of drug-likeness (QED) is 0.646. The number of benzene rings is 2. The molecule has 2 aromatic rings. The van der Waals surface area contributed by atoms with Gasteiger partial charge in [0.1, 0.15) is 12.4 Å². The van der Waals surface area contributed by atoms with E-state index in [-0.39, 0.29) is 17.0 Å². The summed E-state index contributed by atoms with van der Waals surface area (Å²) in [6, 6.07) is 17.7. The molecule has 3 rings (SSSR count). The molecule has 0 amide bonds. The van der Waals surface area contributed by atoms with Crippen LogP contribution in [-0.2, 0) is 16.2 Å². The third-order valence-corrected chi connectivity index (χ3v) is 7.25. The standard InChI is InChI=1S/C21H21IO3/c1-21(2)12-17(23)20(18(24)13-21)22-16-10-6-7-11-19(16)25-14-15-8-4-3-5-9-15/h3-11H,12-14H2,1-2H3. The Morgan fingerprint density at radius 1 is 0.920 bits per heavy atom. The monoisotopic (exact) mass is 448 g/mol. The van der Waals surface area contributed by atoms with Crippen molar-refractivity contribution in [2.24, 2.45) is 5.41 Å². The lowest BCUT2D eigenvalue weighted by molar-refractivity contribution is -0.122. The number of hydrogen-bond donors (Lipinski definition) is 0. The highest BCUT2D eigenvalue weighted by Crippen LogP contribution is 2.34. The van der Waals surface area contributed by atoms with E-state index in [1.165, 1.54) is 0 Å². The Hall–Kier alpha value is -1.82. The Bertz CT molecular complexity index is 800. The van der Waals surface area contributed by atoms with Gasteiger partial charge in [-0.2, -0.15) is 0 Å². The van der Waals surface area contributed by atoms with Gasteiger partial charge < -0.3 is 4.74 Å². The van der Waals surface area contributed by atoms with Crippen molar-refractivity contribution in [1.29, 1.82) is 0 Å². The molecule has 0 atom stereocenters. The molecule has 1 fully saturated rings. The Kier molecular flexibility index (Phi) is 5.47. The predicted octanol–water partition coefficient (Wildman–Crippen LogP) is 4.54. The Labute approximate surface area is 158 Å². The molecule has 1 saturated carbocycles. The van der Waals surface area contributed by atoms with Gasteiger partial charge in [0.15, 0.2) is 11.6 Å². The van der Waals surface area contributed by atoms with Crippen LogP contribution in [0.25, 0.3) is 0 Å². The topological polar surface area (TPSA) is 43.4 Å². The minimum absolute atomic E-state index is 0.0203. The van der Waals surface area contributed by atoms with Crippen LogP contribution in [0.2, 0.25) is 0 Å². The Morgan fingerprint density at radius 2 is 1.52 bits per heavy atom. The maximum Gasteiger partial charge on any atom is 0.172 e. The summed E-state index contributed by atoms with van der Waals surface area (Å²) < 4.78 is 7.48. The van der Waals surface area contributed by atoms with E-state index in [1.54, 1.807) is 0 Å². The van der Waals surface area contributed by atoms with Gasteiger partial charge in [-0.05, 0) is 23.1 Å². The van der Waals surface area contributed by atoms with E-state index in [4.69, 9.17) is 4.74 Å². The number of rotatable bonds is 4. The molecular weight excluding hydrogens is 427 g/mol. The summed E-state index contributed by atoms with van der Waals surface area (Å²) in [7, 11) is 0. The minimum atomic E-state index is -0.829. The van der Waals surface area contributed by atoms with Crippen molar-refractivity contribution in [1.82, 2.24) is 0 Å². The lowest BCUT2D eigenvalue weighted by atomic mass is 9.76. The first-order valence-corrected chi connectivity index (χ1v) is 10.4. The van der Waals surface area contributed by atoms with Crippen molar-refractivity contribution in [2.75, 3.05) is 0 Å². The third kappa shape index (κ3) is 4.63. The summed E-state index contributed by atoms with van der Waals surface area (Å²) in [5.41, 5.74) is 0.875. The fourth-order valence-electron chi connectivity index (χ4n) is 2.82. The fourth-order valence-corrected chi connectivity index (χ4v) is 5.38. The first-order chi connectivity index (χ1) is 11.9. The zero-order valence-corrected chi connectivity index (χ0v) is 16.6. The number of carbonyl (C=O) groups excluding carboxylic acids is 2. The Balaban J connectivity index is 1.83. The van der Waals surface area contributed by atoms with Crippen LogP contribution in [0.5, 0.6) is 5.75 Å². The van der Waals surface area contributed by atoms with E-state index in [9.17, 15) is 9.59 Å². The van der Waals surface area contributed by atoms with Crippen LogP contribution in [0.1, 0.15) is 32.3 Å². The van der Waals surface area contributed by atoms with Crippen LogP contribution in [-0.4, -0.2) is 15.1 Å². The summed E-state index contributed by atoms with van der Waals surface area (Å²) in [6.45, 7) is 4.44. The molecule has 0 unspecified atom stereocenters. The highest BCUT2D eigenvalue weighted by Gasteiger charge is 2.36. The van der Waals surface area contributed by atoms with Gasteiger partial charge in [0.25, 0.3) is 0 Å². The summed E-state index contributed by atoms with van der Waals surface area (Å²) in [5, 5.41) is 0. The molecule has 0 radical (unpaired) electrons. The van der Waals surface area contributed by atoms with Gasteiger partial charge in [-0.25, -0.2) is 0 Å². The summed E-state index contributed by atoms with van der Waals surface area (Å²) in [4.78, 5) is 24.9. The van der Waals surface area contributed by atoms with Crippen LogP contribution in [0.4, 0.5) is 0 Å². The summed E-state index contributed by atoms with van der Waals surface area (Å²) in [6.07, 6.45) is 0.918. The summed E-state index contributed by atoms with van der Waals surface area (Å²) in [5.74, 6) is 0.816. The molecule has 0 spiro atoms. The molecule has 3 nitrogen and oxygen atoms in total. The van der Waals surface area contributed by atoms with Crippen molar-refractivity contribution in [3.8, 4) is 5.75 Å². The normalized spacial score (nSPS) is 16.8. The Morgan fingerprint density at radius 3 is 2.20 bits per heavy atom. The zero-order valence-electron chi connectivity index (χ0n) is 14.4. The first kappa shape index (κ1) is 18.0. The molecule has 0 saturated heterocycles. The van der Waals surface area contributed by atoms with Gasteiger partial charge in [0.2, 0.25) is 0 Å². The highest BCUT2D eigenvalue weighted by atomic mass is 127. The maximum atomic E-state index is 12.4. The average Bonchev–Trinajstić information content (AvgIpc) is 2.57. The number of Topliss-reactive ketones (excluding diaryl/α,β-unsaturated/α-hetero) is 2. The molecule has 0 N–H and O–H groups in total. The number of ether oxygens (including phenoxy) is 1. The van der Waals surface area contributed by atoms with Crippen LogP contribution < -0.4 is 4.74 Å². The van der Waals surface area contributed by atoms with E-state index < -0.39 is 20.7 Å². The number of halogens is 1. The molecule has 1 aliphatic carbocycles. The van der Waals surface area contributed by atoms with Gasteiger partial charge in [0, 0.05) is 12.8 Å². The number of para-hydroxylation sites is 1. The number of carbonyl (C=O) groups is 2. The minimum Gasteiger partial charge on any atom is -0.488 e. The van der Waals surface area contributed by atoms with Crippen LogP contribution in [0.3, 0.4) is 0 Å². The summed E-state index contributed by atoms with van der Waals surface area (Å²) >= 11 is -0.829. The van der Waals surface area contributed by atoms with E-state index in [1.807, 2.05) is 68.4 Å². The van der Waals surface area contributed by atoms with Gasteiger partial charge in [0.05, 0.1) is 7.08 Å². The smallest absolute Gasteiger partial charge is 0.172 e. The molecule has 1 aliphatic rings. The van der Waals surface area contributed by atoms with Crippen molar-refractivity contribution in [2.45, 2.75) is 33.3 Å². The second-order valence-corrected chi connectivity index (χ2v) is 9.76. The number of ketones is 2. The average molecular weight is 448 g/mol. The lowest BCUT2D eigenvalue weighted by Gasteiger charge is -2.28. The lowest BCUT2D eigenvalue weighted by Crippen LogP contribution is -2.36. The second kappa shape index (κ2) is 7.60. The fraction of sp³-hybridized carbons (Fsp3) is 0.286. The van der Waals surface area contributed by atoms with Crippen molar-refractivity contribution < 1.29 is 14.3 Å². The van der Waals surface area contributed by atoms with Crippen molar-refractivity contribution in [3.05, 3.63) is 63.7 Å². The van der Waals surface area contributed by atoms with Crippen LogP contribution >= 0.6 is 20.7 Å². The molecule has 0 aromatic heterocycles. The molecule has 0 aliphatic heterocycles. The molecule has 0 heterocycles. The van der Waals surface area contributed by atoms with E-state index in [0.717, 1.165) is 14.9 Å². The molecule has 0 bridgehead atoms. The second-order valence-electron chi connectivity index (χ2n) is 6.98. The van der Waals surface area contributed by atoms with Gasteiger partial charge >= 0.3 is 0 Å². The predicted molar refractivity (Wildman–Crippen MR) is 108 cm³/mol. The van der Waals surface area contributed by atoms with Crippen LogP contribution in [0, 0.1) is 8.99 Å². The van der Waals surface area contributed by atoms with Gasteiger partial charge in [-0.15, -0.1) is 0 Å². The molecule has 130 valence electrons. The van der Waals surface area contributed by atoms with Crippen molar-refractivity contribution >= 4 is 35.8 Å². The molecule has 25 heavy (non-hydrogen) atoms. The van der Waals surface area contributed by atoms with E-state index in [2.05, 4.69) is 0 Å². The van der Waals surface area contributed by atoms with Gasteiger partial charge in [-0.3, -0.25) is 9.59 Å². The molecule has 2 aromatic carbocycles. The van der Waals surface area contributed by atoms with Crippen molar-refractivity contribution in [3.63, 3.8) is 0 Å². The largest absolute Gasteiger partial charge is 0.488 e. The van der Waals surface area contributed by atoms with Gasteiger partial charge in [-0.1, -0.05) is 77.0 Å². The SMILES string of the molecule is CC1(C)CC(=O)C(=Ic2ccccc2OCc2ccccc2)C(=O)C1. The van der Waals surface area contributed by atoms with E-state index in [0.29, 0.717) is 23.0 Å². The number of hydrogen-bond acceptors (Lipinski definition) is 3. The van der Waals surface area contributed by atoms with E-state index >= 15 is 0 Å². The third-order valence-electron chi connectivity index (χ3n) is 4.04.